The molecule has 0 spiro atoms. The third kappa shape index (κ3) is 6.95. The molecule has 0 aromatic heterocycles. The molecule has 0 radical (unpaired) electrons. The quantitative estimate of drug-likeness (QED) is 0.529. The molecule has 5 rings (SSSR count). The van der Waals surface area contributed by atoms with Crippen molar-refractivity contribution in [2.24, 2.45) is 5.92 Å². The first-order valence-electron chi connectivity index (χ1n) is 13.3. The van der Waals surface area contributed by atoms with Crippen LogP contribution >= 0.6 is 0 Å². The Hall–Kier alpha value is -1.26. The Morgan fingerprint density at radius 3 is 2.54 bits per heavy atom. The number of aliphatic hydroxyl groups excluding tert-OH is 1. The maximum atomic E-state index is 10.1. The van der Waals surface area contributed by atoms with E-state index in [2.05, 4.69) is 0 Å². The van der Waals surface area contributed by atoms with Gasteiger partial charge in [0.25, 0.3) is 0 Å². The standard InChI is InChI=1S/C27H40O8/c1-18-7-6-8-19(13-18)31-16-20(33-25-9-2-4-11-29-25)17-32-27-21-14-24(28)34-22(21)15-23(27)35-26-10-3-5-12-30-26/h6-8,13,20-28H,2-5,9-12,14-17H2,1H3/t20?,21-,22?,23?,24?,25?,26?,27?/m1/s1. The van der Waals surface area contributed by atoms with Crippen molar-refractivity contribution in [3.63, 3.8) is 0 Å². The molecule has 0 amide bonds. The zero-order chi connectivity index (χ0) is 24.0. The number of fused-ring (bicyclic) bond motifs is 1. The Morgan fingerprint density at radius 1 is 1.00 bits per heavy atom. The molecule has 196 valence electrons. The van der Waals surface area contributed by atoms with E-state index >= 15 is 0 Å². The molecule has 0 bridgehead atoms. The van der Waals surface area contributed by atoms with Crippen LogP contribution in [0.15, 0.2) is 24.3 Å². The van der Waals surface area contributed by atoms with Crippen molar-refractivity contribution in [1.82, 2.24) is 0 Å². The molecule has 3 heterocycles. The summed E-state index contributed by atoms with van der Waals surface area (Å²) < 4.78 is 42.7. The molecule has 8 nitrogen and oxygen atoms in total. The van der Waals surface area contributed by atoms with Gasteiger partial charge >= 0.3 is 0 Å². The van der Waals surface area contributed by atoms with Crippen LogP contribution in [0.4, 0.5) is 0 Å². The topological polar surface area (TPSA) is 84.8 Å². The van der Waals surface area contributed by atoms with Crippen LogP contribution in [0.1, 0.15) is 56.9 Å². The predicted molar refractivity (Wildman–Crippen MR) is 127 cm³/mol. The maximum absolute atomic E-state index is 10.1. The average molecular weight is 493 g/mol. The third-order valence-electron chi connectivity index (χ3n) is 7.38. The van der Waals surface area contributed by atoms with Crippen LogP contribution in [0.3, 0.4) is 0 Å². The summed E-state index contributed by atoms with van der Waals surface area (Å²) in [7, 11) is 0. The van der Waals surface area contributed by atoms with Crippen LogP contribution in [0.25, 0.3) is 0 Å². The van der Waals surface area contributed by atoms with Gasteiger partial charge in [0.1, 0.15) is 18.5 Å². The highest BCUT2D eigenvalue weighted by molar-refractivity contribution is 5.27. The Morgan fingerprint density at radius 2 is 1.80 bits per heavy atom. The molecule has 8 heteroatoms. The van der Waals surface area contributed by atoms with Crippen molar-refractivity contribution < 1.29 is 38.3 Å². The first-order chi connectivity index (χ1) is 17.1. The largest absolute Gasteiger partial charge is 0.491 e. The number of aliphatic hydroxyl groups is 1. The smallest absolute Gasteiger partial charge is 0.158 e. The lowest BCUT2D eigenvalue weighted by molar-refractivity contribution is -0.227. The number of ether oxygens (including phenoxy) is 7. The molecule has 1 saturated carbocycles. The lowest BCUT2D eigenvalue weighted by Crippen LogP contribution is -2.40. The van der Waals surface area contributed by atoms with Crippen molar-refractivity contribution >= 4 is 0 Å². The molecular weight excluding hydrogens is 452 g/mol. The lowest BCUT2D eigenvalue weighted by atomic mass is 10.0. The summed E-state index contributed by atoms with van der Waals surface area (Å²) in [6, 6.07) is 8.00. The Balaban J connectivity index is 1.22. The lowest BCUT2D eigenvalue weighted by Gasteiger charge is -2.32. The average Bonchev–Trinajstić information content (AvgIpc) is 3.37. The molecule has 1 aromatic carbocycles. The van der Waals surface area contributed by atoms with E-state index in [1.807, 2.05) is 31.2 Å². The monoisotopic (exact) mass is 492 g/mol. The Labute approximate surface area is 208 Å². The van der Waals surface area contributed by atoms with Crippen LogP contribution in [0, 0.1) is 12.8 Å². The number of rotatable bonds is 10. The second-order valence-corrected chi connectivity index (χ2v) is 10.2. The molecule has 4 aliphatic rings. The molecule has 1 aromatic rings. The van der Waals surface area contributed by atoms with Gasteiger partial charge in [-0.1, -0.05) is 12.1 Å². The molecule has 3 aliphatic heterocycles. The van der Waals surface area contributed by atoms with Gasteiger partial charge in [-0.2, -0.15) is 0 Å². The summed E-state index contributed by atoms with van der Waals surface area (Å²) in [6.07, 6.45) is 5.51. The highest BCUT2D eigenvalue weighted by Crippen LogP contribution is 2.42. The van der Waals surface area contributed by atoms with E-state index in [1.165, 1.54) is 0 Å². The SMILES string of the molecule is Cc1cccc(OCC(COC2C(OC3CCCCO3)CC3OC(O)C[C@H]32)OC2CCCCO2)c1. The fourth-order valence-corrected chi connectivity index (χ4v) is 5.61. The number of benzene rings is 1. The van der Waals surface area contributed by atoms with Gasteiger partial charge in [0.2, 0.25) is 0 Å². The molecule has 3 saturated heterocycles. The fourth-order valence-electron chi connectivity index (χ4n) is 5.61. The fraction of sp³-hybridized carbons (Fsp3) is 0.778. The van der Waals surface area contributed by atoms with Crippen molar-refractivity contribution in [3.8, 4) is 5.75 Å². The van der Waals surface area contributed by atoms with Gasteiger partial charge in [0.05, 0.1) is 24.9 Å². The highest BCUT2D eigenvalue weighted by Gasteiger charge is 2.51. The van der Waals surface area contributed by atoms with E-state index in [0.29, 0.717) is 26.1 Å². The zero-order valence-electron chi connectivity index (χ0n) is 20.7. The minimum Gasteiger partial charge on any atom is -0.491 e. The zero-order valence-corrected chi connectivity index (χ0v) is 20.7. The summed E-state index contributed by atoms with van der Waals surface area (Å²) in [5.74, 6) is 0.898. The van der Waals surface area contributed by atoms with E-state index < -0.39 is 6.29 Å². The van der Waals surface area contributed by atoms with Crippen LogP contribution in [0.5, 0.6) is 5.75 Å². The maximum Gasteiger partial charge on any atom is 0.158 e. The summed E-state index contributed by atoms with van der Waals surface area (Å²) >= 11 is 0. The third-order valence-corrected chi connectivity index (χ3v) is 7.38. The van der Waals surface area contributed by atoms with Crippen LogP contribution in [0.2, 0.25) is 0 Å². The van der Waals surface area contributed by atoms with Gasteiger partial charge in [-0.25, -0.2) is 0 Å². The van der Waals surface area contributed by atoms with Crippen molar-refractivity contribution in [2.75, 3.05) is 26.4 Å². The van der Waals surface area contributed by atoms with Crippen molar-refractivity contribution in [2.45, 2.75) is 102 Å². The normalized spacial score (nSPS) is 36.1. The predicted octanol–water partition coefficient (Wildman–Crippen LogP) is 3.71. The van der Waals surface area contributed by atoms with Crippen LogP contribution < -0.4 is 4.74 Å². The summed E-state index contributed by atoms with van der Waals surface area (Å²) in [5, 5.41) is 10.1. The molecule has 1 N–H and O–H groups in total. The first-order valence-corrected chi connectivity index (χ1v) is 13.3. The van der Waals surface area contributed by atoms with Crippen molar-refractivity contribution in [3.05, 3.63) is 29.8 Å². The molecule has 4 fully saturated rings. The van der Waals surface area contributed by atoms with Gasteiger partial charge in [-0.15, -0.1) is 0 Å². The van der Waals surface area contributed by atoms with Gasteiger partial charge in [-0.05, 0) is 63.1 Å². The molecule has 35 heavy (non-hydrogen) atoms. The second-order valence-electron chi connectivity index (χ2n) is 10.2. The minimum atomic E-state index is -0.740. The molecule has 8 atom stereocenters. The second kappa shape index (κ2) is 12.3. The molecule has 1 aliphatic carbocycles. The Bertz CT molecular complexity index is 778. The van der Waals surface area contributed by atoms with E-state index in [1.54, 1.807) is 0 Å². The van der Waals surface area contributed by atoms with Crippen LogP contribution in [-0.4, -0.2) is 74.8 Å². The number of aryl methyl sites for hydroxylation is 1. The summed E-state index contributed by atoms with van der Waals surface area (Å²) in [4.78, 5) is 0. The minimum absolute atomic E-state index is 0.0619. The number of hydrogen-bond donors (Lipinski definition) is 1. The molecular formula is C27H40O8. The van der Waals surface area contributed by atoms with Gasteiger partial charge in [0.15, 0.2) is 18.9 Å². The van der Waals surface area contributed by atoms with Gasteiger partial charge < -0.3 is 38.3 Å². The van der Waals surface area contributed by atoms with Crippen molar-refractivity contribution in [1.29, 1.82) is 0 Å². The molecule has 7 unspecified atom stereocenters. The van der Waals surface area contributed by atoms with Gasteiger partial charge in [0, 0.05) is 32.0 Å². The van der Waals surface area contributed by atoms with E-state index in [0.717, 1.165) is 63.1 Å². The highest BCUT2D eigenvalue weighted by atomic mass is 16.7. The van der Waals surface area contributed by atoms with E-state index in [9.17, 15) is 5.11 Å². The number of hydrogen-bond acceptors (Lipinski definition) is 8. The van der Waals surface area contributed by atoms with Crippen LogP contribution in [-0.2, 0) is 28.4 Å². The summed E-state index contributed by atoms with van der Waals surface area (Å²) in [5.41, 5.74) is 1.15. The summed E-state index contributed by atoms with van der Waals surface area (Å²) in [6.45, 7) is 4.21. The Kier molecular flexibility index (Phi) is 8.94. The van der Waals surface area contributed by atoms with E-state index in [4.69, 9.17) is 33.2 Å². The first kappa shape index (κ1) is 25.4. The van der Waals surface area contributed by atoms with E-state index in [-0.39, 0.29) is 42.9 Å². The van der Waals surface area contributed by atoms with Gasteiger partial charge in [-0.3, -0.25) is 0 Å².